The lowest BCUT2D eigenvalue weighted by molar-refractivity contribution is -0.116. The molecule has 3 aromatic heterocycles. The van der Waals surface area contributed by atoms with Crippen LogP contribution in [-0.2, 0) is 16.0 Å². The van der Waals surface area contributed by atoms with Crippen LogP contribution in [0.2, 0.25) is 0 Å². The van der Waals surface area contributed by atoms with Crippen LogP contribution in [0, 0.1) is 0 Å². The van der Waals surface area contributed by atoms with Gasteiger partial charge in [0.25, 0.3) is 0 Å². The van der Waals surface area contributed by atoms with Crippen LogP contribution < -0.4 is 10.1 Å². The molecule has 0 bridgehead atoms. The first kappa shape index (κ1) is 22.2. The van der Waals surface area contributed by atoms with Crippen molar-refractivity contribution in [2.45, 2.75) is 19.3 Å². The van der Waals surface area contributed by atoms with E-state index in [2.05, 4.69) is 30.2 Å². The van der Waals surface area contributed by atoms with Crippen LogP contribution in [0.25, 0.3) is 22.6 Å². The highest BCUT2D eigenvalue weighted by Gasteiger charge is 2.14. The van der Waals surface area contributed by atoms with E-state index in [0.717, 1.165) is 16.9 Å². The highest BCUT2D eigenvalue weighted by Crippen LogP contribution is 2.26. The lowest BCUT2D eigenvalue weighted by atomic mass is 10.2. The van der Waals surface area contributed by atoms with Gasteiger partial charge >= 0.3 is 5.97 Å². The van der Waals surface area contributed by atoms with Crippen LogP contribution in [0.3, 0.4) is 0 Å². The standard InChI is InChI=1S/C22H21N5O5S/c1-30-15-8-6-13(7-9-15)20-26-19(32-27-20)5-3-4-18(28)25-22-24-17(12-33-22)14-10-16(23-11-14)21(29)31-2/h6-12,23H,3-5H2,1-2H3,(H,24,25,28). The van der Waals surface area contributed by atoms with Gasteiger partial charge in [-0.05, 0) is 36.8 Å². The monoisotopic (exact) mass is 467 g/mol. The minimum absolute atomic E-state index is 0.157. The van der Waals surface area contributed by atoms with Crippen molar-refractivity contribution in [3.63, 3.8) is 0 Å². The van der Waals surface area contributed by atoms with Crippen molar-refractivity contribution in [2.75, 3.05) is 19.5 Å². The van der Waals surface area contributed by atoms with Gasteiger partial charge in [0.15, 0.2) is 5.13 Å². The Kier molecular flexibility index (Phi) is 6.79. The van der Waals surface area contributed by atoms with Crippen molar-refractivity contribution in [1.82, 2.24) is 20.1 Å². The fraction of sp³-hybridized carbons (Fsp3) is 0.227. The number of aromatic nitrogens is 4. The lowest BCUT2D eigenvalue weighted by Gasteiger charge is -2.00. The highest BCUT2D eigenvalue weighted by molar-refractivity contribution is 7.14. The van der Waals surface area contributed by atoms with E-state index in [0.29, 0.717) is 41.1 Å². The highest BCUT2D eigenvalue weighted by atomic mass is 32.1. The average molecular weight is 468 g/mol. The normalized spacial score (nSPS) is 10.7. The number of esters is 1. The zero-order chi connectivity index (χ0) is 23.2. The molecule has 0 aliphatic rings. The molecule has 10 nitrogen and oxygen atoms in total. The van der Waals surface area contributed by atoms with E-state index < -0.39 is 5.97 Å². The van der Waals surface area contributed by atoms with Crippen LogP contribution in [0.15, 0.2) is 46.4 Å². The fourth-order valence-electron chi connectivity index (χ4n) is 3.03. The molecule has 33 heavy (non-hydrogen) atoms. The Morgan fingerprint density at radius 2 is 1.97 bits per heavy atom. The Hall–Kier alpha value is -3.99. The number of nitrogens with one attached hydrogen (secondary N) is 2. The summed E-state index contributed by atoms with van der Waals surface area (Å²) in [6.07, 6.45) is 2.98. The lowest BCUT2D eigenvalue weighted by Crippen LogP contribution is -2.11. The smallest absolute Gasteiger partial charge is 0.354 e. The SMILES string of the molecule is COC(=O)c1cc(-c2csc(NC(=O)CCCc3nc(-c4ccc(OC)cc4)no3)n2)c[nH]1. The number of hydrogen-bond donors (Lipinski definition) is 2. The van der Waals surface area contributed by atoms with Gasteiger partial charge in [0.1, 0.15) is 11.4 Å². The van der Waals surface area contributed by atoms with Gasteiger partial charge in [0, 0.05) is 35.5 Å². The molecule has 0 unspecified atom stereocenters. The molecule has 1 amide bonds. The summed E-state index contributed by atoms with van der Waals surface area (Å²) >= 11 is 1.31. The molecule has 1 aromatic carbocycles. The van der Waals surface area contributed by atoms with Gasteiger partial charge in [-0.15, -0.1) is 11.3 Å². The molecule has 0 radical (unpaired) electrons. The van der Waals surface area contributed by atoms with Gasteiger partial charge in [-0.1, -0.05) is 5.16 Å². The molecule has 0 aliphatic carbocycles. The molecule has 170 valence electrons. The summed E-state index contributed by atoms with van der Waals surface area (Å²) in [4.78, 5) is 35.5. The van der Waals surface area contributed by atoms with E-state index >= 15 is 0 Å². The third kappa shape index (κ3) is 5.44. The van der Waals surface area contributed by atoms with Crippen molar-refractivity contribution in [1.29, 1.82) is 0 Å². The molecule has 2 N–H and O–H groups in total. The topological polar surface area (TPSA) is 132 Å². The van der Waals surface area contributed by atoms with Crippen LogP contribution >= 0.6 is 11.3 Å². The number of anilines is 1. The zero-order valence-corrected chi connectivity index (χ0v) is 18.8. The second kappa shape index (κ2) is 10.1. The number of carbonyl (C=O) groups excluding carboxylic acids is 2. The quantitative estimate of drug-likeness (QED) is 0.354. The summed E-state index contributed by atoms with van der Waals surface area (Å²) in [7, 11) is 2.92. The number of ether oxygens (including phenoxy) is 2. The number of benzene rings is 1. The minimum atomic E-state index is -0.456. The Balaban J connectivity index is 1.26. The molecule has 0 spiro atoms. The second-order valence-corrected chi connectivity index (χ2v) is 7.83. The molecule has 0 saturated heterocycles. The number of thiazole rings is 1. The minimum Gasteiger partial charge on any atom is -0.497 e. The largest absolute Gasteiger partial charge is 0.497 e. The fourth-order valence-corrected chi connectivity index (χ4v) is 3.77. The predicted molar refractivity (Wildman–Crippen MR) is 121 cm³/mol. The maximum absolute atomic E-state index is 12.3. The third-order valence-corrected chi connectivity index (χ3v) is 5.50. The molecule has 0 atom stereocenters. The number of amides is 1. The van der Waals surface area contributed by atoms with E-state index in [4.69, 9.17) is 9.26 Å². The van der Waals surface area contributed by atoms with E-state index in [9.17, 15) is 9.59 Å². The Morgan fingerprint density at radius 3 is 2.73 bits per heavy atom. The molecular weight excluding hydrogens is 446 g/mol. The van der Waals surface area contributed by atoms with Gasteiger partial charge in [-0.2, -0.15) is 4.98 Å². The zero-order valence-electron chi connectivity index (χ0n) is 18.0. The van der Waals surface area contributed by atoms with Gasteiger partial charge < -0.3 is 24.3 Å². The van der Waals surface area contributed by atoms with Crippen molar-refractivity contribution in [3.05, 3.63) is 53.5 Å². The van der Waals surface area contributed by atoms with Gasteiger partial charge in [0.05, 0.1) is 19.9 Å². The predicted octanol–water partition coefficient (Wildman–Crippen LogP) is 3.94. The molecule has 11 heteroatoms. The Morgan fingerprint density at radius 1 is 1.15 bits per heavy atom. The van der Waals surface area contributed by atoms with Crippen molar-refractivity contribution < 1.29 is 23.6 Å². The van der Waals surface area contributed by atoms with Gasteiger partial charge in [0.2, 0.25) is 17.6 Å². The van der Waals surface area contributed by atoms with E-state index in [1.165, 1.54) is 18.4 Å². The average Bonchev–Trinajstić information content (AvgIpc) is 3.59. The molecule has 0 fully saturated rings. The first-order valence-corrected chi connectivity index (χ1v) is 10.9. The first-order valence-electron chi connectivity index (χ1n) is 10.0. The van der Waals surface area contributed by atoms with Crippen molar-refractivity contribution in [2.24, 2.45) is 0 Å². The molecule has 3 heterocycles. The number of aromatic amines is 1. The second-order valence-electron chi connectivity index (χ2n) is 6.97. The van der Waals surface area contributed by atoms with E-state index in [-0.39, 0.29) is 12.3 Å². The number of methoxy groups -OCH3 is 2. The summed E-state index contributed by atoms with van der Waals surface area (Å²) in [5, 5.41) is 9.07. The van der Waals surface area contributed by atoms with Crippen molar-refractivity contribution >= 4 is 28.3 Å². The number of nitrogens with zero attached hydrogens (tertiary/aromatic N) is 3. The summed E-state index contributed by atoms with van der Waals surface area (Å²) in [5.74, 6) is 1.10. The maximum Gasteiger partial charge on any atom is 0.354 e. The summed E-state index contributed by atoms with van der Waals surface area (Å²) < 4.78 is 15.1. The van der Waals surface area contributed by atoms with Crippen LogP contribution in [0.5, 0.6) is 5.75 Å². The Bertz CT molecular complexity index is 1240. The number of hydrogen-bond acceptors (Lipinski definition) is 9. The van der Waals surface area contributed by atoms with Crippen LogP contribution in [0.4, 0.5) is 5.13 Å². The number of H-pyrrole nitrogens is 1. The number of rotatable bonds is 9. The van der Waals surface area contributed by atoms with E-state index in [1.807, 2.05) is 24.3 Å². The number of carbonyl (C=O) groups is 2. The molecule has 4 aromatic rings. The molecular formula is C22H21N5O5S. The summed E-state index contributed by atoms with van der Waals surface area (Å²) in [6, 6.07) is 9.01. The summed E-state index contributed by atoms with van der Waals surface area (Å²) in [6.45, 7) is 0. The van der Waals surface area contributed by atoms with Crippen LogP contribution in [-0.4, -0.2) is 46.2 Å². The van der Waals surface area contributed by atoms with E-state index in [1.54, 1.807) is 24.8 Å². The molecule has 0 saturated carbocycles. The summed E-state index contributed by atoms with van der Waals surface area (Å²) in [5.41, 5.74) is 2.54. The maximum atomic E-state index is 12.3. The molecule has 4 rings (SSSR count). The van der Waals surface area contributed by atoms with Crippen molar-refractivity contribution in [3.8, 4) is 28.4 Å². The first-order chi connectivity index (χ1) is 16.1. The Labute approximate surface area is 193 Å². The number of aryl methyl sites for hydroxylation is 1. The van der Waals surface area contributed by atoms with Gasteiger partial charge in [-0.3, -0.25) is 4.79 Å². The van der Waals surface area contributed by atoms with Gasteiger partial charge in [-0.25, -0.2) is 9.78 Å². The van der Waals surface area contributed by atoms with Crippen LogP contribution in [0.1, 0.15) is 29.2 Å². The molecule has 0 aliphatic heterocycles. The third-order valence-electron chi connectivity index (χ3n) is 4.75.